The highest BCUT2D eigenvalue weighted by Crippen LogP contribution is 2.19. The van der Waals surface area contributed by atoms with Crippen molar-refractivity contribution in [2.75, 3.05) is 20.6 Å². The maximum Gasteiger partial charge on any atom is 0.193 e. The molecule has 0 atom stereocenters. The summed E-state index contributed by atoms with van der Waals surface area (Å²) >= 11 is 0. The van der Waals surface area contributed by atoms with Crippen LogP contribution in [0.3, 0.4) is 0 Å². The van der Waals surface area contributed by atoms with Crippen LogP contribution < -0.4 is 5.32 Å². The molecule has 0 saturated carbocycles. The second-order valence-electron chi connectivity index (χ2n) is 5.45. The van der Waals surface area contributed by atoms with Crippen molar-refractivity contribution < 1.29 is 0 Å². The lowest BCUT2D eigenvalue weighted by Crippen LogP contribution is -2.39. The fraction of sp³-hybridized carbons (Fsp3) is 0.562. The summed E-state index contributed by atoms with van der Waals surface area (Å²) in [5.41, 5.74) is 2.88. The van der Waals surface area contributed by atoms with E-state index in [4.69, 9.17) is 0 Å². The molecule has 0 amide bonds. The average molecular weight is 274 g/mol. The topological polar surface area (TPSA) is 32.6 Å². The molecule has 20 heavy (non-hydrogen) atoms. The Morgan fingerprint density at radius 1 is 1.50 bits per heavy atom. The van der Waals surface area contributed by atoms with E-state index in [1.54, 1.807) is 5.57 Å². The van der Waals surface area contributed by atoms with Gasteiger partial charge in [0.05, 0.1) is 6.54 Å². The van der Waals surface area contributed by atoms with Crippen LogP contribution >= 0.6 is 0 Å². The Balaban J connectivity index is 1.80. The number of nitrogens with one attached hydrogen (secondary N) is 1. The molecule has 110 valence electrons. The highest BCUT2D eigenvalue weighted by atomic mass is 15.3. The van der Waals surface area contributed by atoms with Crippen molar-refractivity contribution in [2.24, 2.45) is 12.0 Å². The van der Waals surface area contributed by atoms with E-state index >= 15 is 0 Å². The molecular formula is C16H26N4. The van der Waals surface area contributed by atoms with Crippen LogP contribution in [0.1, 0.15) is 31.4 Å². The van der Waals surface area contributed by atoms with Crippen molar-refractivity contribution in [1.29, 1.82) is 0 Å². The Morgan fingerprint density at radius 3 is 2.95 bits per heavy atom. The predicted molar refractivity (Wildman–Crippen MR) is 84.8 cm³/mol. The average Bonchev–Trinajstić information content (AvgIpc) is 3.07. The number of nitrogens with zero attached hydrogens (tertiary/aromatic N) is 3. The van der Waals surface area contributed by atoms with Gasteiger partial charge in [-0.1, -0.05) is 11.6 Å². The van der Waals surface area contributed by atoms with Gasteiger partial charge in [-0.2, -0.15) is 0 Å². The second-order valence-corrected chi connectivity index (χ2v) is 5.45. The van der Waals surface area contributed by atoms with Crippen molar-refractivity contribution in [1.82, 2.24) is 14.8 Å². The van der Waals surface area contributed by atoms with Crippen LogP contribution in [-0.4, -0.2) is 36.1 Å². The Bertz CT molecular complexity index is 484. The fourth-order valence-electron chi connectivity index (χ4n) is 2.66. The second kappa shape index (κ2) is 7.17. The molecule has 0 spiro atoms. The van der Waals surface area contributed by atoms with Gasteiger partial charge in [0, 0.05) is 39.6 Å². The third-order valence-electron chi connectivity index (χ3n) is 3.89. The first-order chi connectivity index (χ1) is 9.70. The lowest BCUT2D eigenvalue weighted by Gasteiger charge is -2.22. The Kier molecular flexibility index (Phi) is 5.27. The maximum absolute atomic E-state index is 4.37. The van der Waals surface area contributed by atoms with Gasteiger partial charge in [0.2, 0.25) is 0 Å². The number of guanidine groups is 1. The zero-order valence-electron chi connectivity index (χ0n) is 12.9. The van der Waals surface area contributed by atoms with Gasteiger partial charge in [-0.15, -0.1) is 0 Å². The van der Waals surface area contributed by atoms with Crippen LogP contribution in [0.25, 0.3) is 0 Å². The van der Waals surface area contributed by atoms with Crippen LogP contribution in [0.5, 0.6) is 0 Å². The minimum Gasteiger partial charge on any atom is -0.356 e. The van der Waals surface area contributed by atoms with E-state index in [-0.39, 0.29) is 0 Å². The minimum absolute atomic E-state index is 0.867. The number of rotatable bonds is 5. The summed E-state index contributed by atoms with van der Waals surface area (Å²) in [5, 5.41) is 3.45. The molecule has 1 N–H and O–H groups in total. The summed E-state index contributed by atoms with van der Waals surface area (Å²) in [6.45, 7) is 1.84. The molecule has 1 heterocycles. The molecule has 4 nitrogen and oxygen atoms in total. The third kappa shape index (κ3) is 3.89. The van der Waals surface area contributed by atoms with E-state index in [1.165, 1.54) is 25.0 Å². The van der Waals surface area contributed by atoms with Gasteiger partial charge < -0.3 is 14.8 Å². The molecule has 0 saturated heterocycles. The summed E-state index contributed by atoms with van der Waals surface area (Å²) < 4.78 is 2.15. The van der Waals surface area contributed by atoms with Crippen LogP contribution in [0, 0.1) is 0 Å². The standard InChI is InChI=1S/C16H26N4/c1-17-16(18-11-10-14-7-4-5-8-14)20(3)13-15-9-6-12-19(15)2/h6-7,9,12H,4-5,8,10-11,13H2,1-3H3,(H,17,18). The Hall–Kier alpha value is -1.71. The number of aliphatic imine (C=N–C) groups is 1. The van der Waals surface area contributed by atoms with Crippen LogP contribution in [0.15, 0.2) is 35.0 Å². The molecule has 4 heteroatoms. The predicted octanol–water partition coefficient (Wildman–Crippen LogP) is 2.53. The normalized spacial score (nSPS) is 15.3. The lowest BCUT2D eigenvalue weighted by molar-refractivity contribution is 0.462. The molecule has 0 radical (unpaired) electrons. The van der Waals surface area contributed by atoms with E-state index in [9.17, 15) is 0 Å². The van der Waals surface area contributed by atoms with Crippen molar-refractivity contribution in [3.63, 3.8) is 0 Å². The van der Waals surface area contributed by atoms with E-state index < -0.39 is 0 Å². The number of hydrogen-bond donors (Lipinski definition) is 1. The van der Waals surface area contributed by atoms with Crippen molar-refractivity contribution >= 4 is 5.96 Å². The molecule has 1 aromatic heterocycles. The van der Waals surface area contributed by atoms with E-state index in [2.05, 4.69) is 58.3 Å². The smallest absolute Gasteiger partial charge is 0.193 e. The molecule has 0 fully saturated rings. The SMILES string of the molecule is CN=C(NCCC1=CCCC1)N(C)Cc1cccn1C. The zero-order valence-corrected chi connectivity index (χ0v) is 12.9. The van der Waals surface area contributed by atoms with Crippen LogP contribution in [0.2, 0.25) is 0 Å². The first-order valence-electron chi connectivity index (χ1n) is 7.40. The quantitative estimate of drug-likeness (QED) is 0.508. The van der Waals surface area contributed by atoms with Gasteiger partial charge >= 0.3 is 0 Å². The van der Waals surface area contributed by atoms with Gasteiger partial charge in [-0.3, -0.25) is 4.99 Å². The molecule has 1 aliphatic carbocycles. The molecule has 0 unspecified atom stereocenters. The highest BCUT2D eigenvalue weighted by Gasteiger charge is 2.09. The molecule has 1 aromatic rings. The van der Waals surface area contributed by atoms with Gasteiger partial charge in [0.1, 0.15) is 0 Å². The minimum atomic E-state index is 0.867. The zero-order chi connectivity index (χ0) is 14.4. The number of aromatic nitrogens is 1. The molecule has 0 bridgehead atoms. The summed E-state index contributed by atoms with van der Waals surface area (Å²) in [6, 6.07) is 4.22. The Morgan fingerprint density at radius 2 is 2.35 bits per heavy atom. The van der Waals surface area contributed by atoms with Gasteiger partial charge in [-0.05, 0) is 37.8 Å². The molecular weight excluding hydrogens is 248 g/mol. The van der Waals surface area contributed by atoms with Crippen molar-refractivity contribution in [3.05, 3.63) is 35.7 Å². The van der Waals surface area contributed by atoms with E-state index in [0.717, 1.165) is 25.5 Å². The monoisotopic (exact) mass is 274 g/mol. The number of hydrogen-bond acceptors (Lipinski definition) is 1. The first-order valence-corrected chi connectivity index (χ1v) is 7.40. The third-order valence-corrected chi connectivity index (χ3v) is 3.89. The summed E-state index contributed by atoms with van der Waals surface area (Å²) in [5.74, 6) is 0.963. The largest absolute Gasteiger partial charge is 0.356 e. The van der Waals surface area contributed by atoms with Crippen molar-refractivity contribution in [3.8, 4) is 0 Å². The molecule has 1 aliphatic rings. The Labute approximate surface area is 122 Å². The van der Waals surface area contributed by atoms with Gasteiger partial charge in [-0.25, -0.2) is 0 Å². The maximum atomic E-state index is 4.37. The highest BCUT2D eigenvalue weighted by molar-refractivity contribution is 5.79. The van der Waals surface area contributed by atoms with Crippen LogP contribution in [-0.2, 0) is 13.6 Å². The van der Waals surface area contributed by atoms with Gasteiger partial charge in [0.15, 0.2) is 5.96 Å². The fourth-order valence-corrected chi connectivity index (χ4v) is 2.66. The number of aryl methyl sites for hydroxylation is 1. The van der Waals surface area contributed by atoms with Gasteiger partial charge in [0.25, 0.3) is 0 Å². The molecule has 0 aromatic carbocycles. The van der Waals surface area contributed by atoms with E-state index in [0.29, 0.717) is 0 Å². The summed E-state index contributed by atoms with van der Waals surface area (Å²) in [6.07, 6.45) is 9.47. The number of allylic oxidation sites excluding steroid dienone is 1. The summed E-state index contributed by atoms with van der Waals surface area (Å²) in [4.78, 5) is 6.53. The lowest BCUT2D eigenvalue weighted by atomic mass is 10.2. The van der Waals surface area contributed by atoms with Crippen LogP contribution in [0.4, 0.5) is 0 Å². The summed E-state index contributed by atoms with van der Waals surface area (Å²) in [7, 11) is 6.00. The molecule has 2 rings (SSSR count). The van der Waals surface area contributed by atoms with Crippen molar-refractivity contribution in [2.45, 2.75) is 32.2 Å². The van der Waals surface area contributed by atoms with E-state index in [1.807, 2.05) is 7.05 Å². The molecule has 0 aliphatic heterocycles. The first kappa shape index (κ1) is 14.7.